The summed E-state index contributed by atoms with van der Waals surface area (Å²) < 4.78 is 0. The highest BCUT2D eigenvalue weighted by atomic mass is 16.3. The van der Waals surface area contributed by atoms with Gasteiger partial charge in [-0.05, 0) is 0 Å². The number of Topliss-reactive ketones (excluding diaryl/α,β-unsaturated/α-hetero) is 1. The smallest absolute Gasteiger partial charge is 0.207 e. The Labute approximate surface area is 68.8 Å². The van der Waals surface area contributed by atoms with Gasteiger partial charge in [0.05, 0.1) is 0 Å². The van der Waals surface area contributed by atoms with E-state index in [0.717, 1.165) is 0 Å². The Morgan fingerprint density at radius 1 is 1.50 bits per heavy atom. The number of aliphatic hydroxyl groups excluding tert-OH is 3. The van der Waals surface area contributed by atoms with Crippen LogP contribution in [0.25, 0.3) is 0 Å². The van der Waals surface area contributed by atoms with Crippen molar-refractivity contribution >= 4 is 12.2 Å². The van der Waals surface area contributed by atoms with E-state index in [0.29, 0.717) is 6.41 Å². The highest BCUT2D eigenvalue weighted by Crippen LogP contribution is 1.93. The van der Waals surface area contributed by atoms with E-state index in [1.165, 1.54) is 0 Å². The van der Waals surface area contributed by atoms with E-state index < -0.39 is 24.6 Å². The maximum atomic E-state index is 10.5. The molecular formula is C6H11NO5. The Bertz CT molecular complexity index is 160. The van der Waals surface area contributed by atoms with Crippen LogP contribution in [0.5, 0.6) is 0 Å². The summed E-state index contributed by atoms with van der Waals surface area (Å²) in [5.41, 5.74) is 0. The molecule has 0 saturated carbocycles. The van der Waals surface area contributed by atoms with E-state index >= 15 is 0 Å². The van der Waals surface area contributed by atoms with Crippen LogP contribution < -0.4 is 5.32 Å². The van der Waals surface area contributed by atoms with Gasteiger partial charge in [0.2, 0.25) is 6.41 Å². The van der Waals surface area contributed by atoms with Crippen molar-refractivity contribution in [2.45, 2.75) is 12.2 Å². The third kappa shape index (κ3) is 3.42. The number of rotatable bonds is 6. The lowest BCUT2D eigenvalue weighted by Crippen LogP contribution is -2.41. The molecule has 6 nitrogen and oxygen atoms in total. The minimum Gasteiger partial charge on any atom is -0.388 e. The first-order valence-electron chi connectivity index (χ1n) is 3.30. The number of hydrogen-bond acceptors (Lipinski definition) is 5. The van der Waals surface area contributed by atoms with Gasteiger partial charge in [0.25, 0.3) is 0 Å². The van der Waals surface area contributed by atoms with E-state index in [1.807, 2.05) is 0 Å². The van der Waals surface area contributed by atoms with E-state index in [-0.39, 0.29) is 6.54 Å². The van der Waals surface area contributed by atoms with Gasteiger partial charge in [0.1, 0.15) is 18.8 Å². The Morgan fingerprint density at radius 2 is 2.08 bits per heavy atom. The fourth-order valence-electron chi connectivity index (χ4n) is 0.589. The first-order chi connectivity index (χ1) is 5.63. The number of ketones is 1. The van der Waals surface area contributed by atoms with E-state index in [9.17, 15) is 9.59 Å². The average Bonchev–Trinajstić information content (AvgIpc) is 2.11. The monoisotopic (exact) mass is 177 g/mol. The van der Waals surface area contributed by atoms with Crippen LogP contribution in [0.4, 0.5) is 0 Å². The first kappa shape index (κ1) is 11.0. The molecule has 0 saturated heterocycles. The Hall–Kier alpha value is -0.980. The normalized spacial score (nSPS) is 14.9. The lowest BCUT2D eigenvalue weighted by Gasteiger charge is -2.14. The van der Waals surface area contributed by atoms with E-state index in [4.69, 9.17) is 15.3 Å². The Kier molecular flexibility index (Phi) is 5.18. The van der Waals surface area contributed by atoms with Gasteiger partial charge in [0, 0.05) is 6.54 Å². The molecule has 0 radical (unpaired) electrons. The minimum atomic E-state index is -1.65. The van der Waals surface area contributed by atoms with E-state index in [2.05, 4.69) is 5.32 Å². The van der Waals surface area contributed by atoms with Crippen LogP contribution in [0.15, 0.2) is 0 Å². The lowest BCUT2D eigenvalue weighted by molar-refractivity contribution is -0.135. The van der Waals surface area contributed by atoms with Gasteiger partial charge in [-0.25, -0.2) is 0 Å². The predicted octanol–water partition coefficient (Wildman–Crippen LogP) is -2.98. The van der Waals surface area contributed by atoms with Crippen molar-refractivity contribution in [1.82, 2.24) is 5.32 Å². The quantitative estimate of drug-likeness (QED) is 0.324. The molecule has 0 aliphatic carbocycles. The van der Waals surface area contributed by atoms with Crippen LogP contribution >= 0.6 is 0 Å². The van der Waals surface area contributed by atoms with Gasteiger partial charge in [-0.2, -0.15) is 0 Å². The van der Waals surface area contributed by atoms with Crippen LogP contribution in [0.2, 0.25) is 0 Å². The molecule has 6 heteroatoms. The van der Waals surface area contributed by atoms with Crippen molar-refractivity contribution < 1.29 is 24.9 Å². The van der Waals surface area contributed by atoms with Crippen LogP contribution in [-0.4, -0.2) is 52.9 Å². The zero-order chi connectivity index (χ0) is 9.56. The number of amides is 1. The topological polar surface area (TPSA) is 107 Å². The summed E-state index contributed by atoms with van der Waals surface area (Å²) in [6.45, 7) is -1.06. The largest absolute Gasteiger partial charge is 0.388 e. The van der Waals surface area contributed by atoms with Crippen molar-refractivity contribution in [3.8, 4) is 0 Å². The first-order valence-corrected chi connectivity index (χ1v) is 3.30. The summed E-state index contributed by atoms with van der Waals surface area (Å²) in [5, 5.41) is 28.2. The van der Waals surface area contributed by atoms with Crippen LogP contribution in [0.1, 0.15) is 0 Å². The average molecular weight is 177 g/mol. The zero-order valence-corrected chi connectivity index (χ0v) is 6.30. The number of nitrogens with one attached hydrogen (secondary N) is 1. The molecule has 0 aromatic carbocycles. The van der Waals surface area contributed by atoms with Gasteiger partial charge < -0.3 is 20.6 Å². The molecule has 0 bridgehead atoms. The van der Waals surface area contributed by atoms with Crippen LogP contribution in [-0.2, 0) is 9.59 Å². The number of carbonyl (C=O) groups is 2. The highest BCUT2D eigenvalue weighted by Gasteiger charge is 2.22. The Morgan fingerprint density at radius 3 is 2.50 bits per heavy atom. The standard InChI is InChI=1S/C6H11NO5/c8-2-5(11)6(12)4(10)1-7-3-9/h3-4,6,8,10,12H,1-2H2,(H,7,9)/t4-,6+/m1/s1. The SMILES string of the molecule is O=CNC[C@@H](O)[C@H](O)C(=O)CO. The summed E-state index contributed by atoms with van der Waals surface area (Å²) >= 11 is 0. The highest BCUT2D eigenvalue weighted by molar-refractivity contribution is 5.84. The number of aliphatic hydroxyl groups is 3. The van der Waals surface area contributed by atoms with Crippen molar-refractivity contribution in [3.63, 3.8) is 0 Å². The van der Waals surface area contributed by atoms with Gasteiger partial charge >= 0.3 is 0 Å². The second-order valence-corrected chi connectivity index (χ2v) is 2.16. The molecular weight excluding hydrogens is 166 g/mol. The molecule has 4 N–H and O–H groups in total. The summed E-state index contributed by atoms with van der Waals surface area (Å²) in [7, 11) is 0. The van der Waals surface area contributed by atoms with Gasteiger partial charge in [-0.15, -0.1) is 0 Å². The van der Waals surface area contributed by atoms with Crippen molar-refractivity contribution in [1.29, 1.82) is 0 Å². The molecule has 0 spiro atoms. The molecule has 0 aliphatic heterocycles. The molecule has 0 rings (SSSR count). The lowest BCUT2D eigenvalue weighted by atomic mass is 10.1. The molecule has 70 valence electrons. The fourth-order valence-corrected chi connectivity index (χ4v) is 0.589. The van der Waals surface area contributed by atoms with Gasteiger partial charge in [-0.1, -0.05) is 0 Å². The third-order valence-electron chi connectivity index (χ3n) is 1.26. The van der Waals surface area contributed by atoms with Gasteiger partial charge in [-0.3, -0.25) is 9.59 Å². The summed E-state index contributed by atoms with van der Waals surface area (Å²) in [6, 6.07) is 0. The van der Waals surface area contributed by atoms with Crippen LogP contribution in [0, 0.1) is 0 Å². The molecule has 0 heterocycles. The van der Waals surface area contributed by atoms with Crippen molar-refractivity contribution in [2.75, 3.05) is 13.2 Å². The third-order valence-corrected chi connectivity index (χ3v) is 1.26. The van der Waals surface area contributed by atoms with Crippen LogP contribution in [0.3, 0.4) is 0 Å². The summed E-state index contributed by atoms with van der Waals surface area (Å²) in [6.07, 6.45) is -2.70. The molecule has 0 aromatic rings. The zero-order valence-electron chi connectivity index (χ0n) is 6.30. The van der Waals surface area contributed by atoms with Gasteiger partial charge in [0.15, 0.2) is 5.78 Å². The molecule has 12 heavy (non-hydrogen) atoms. The maximum Gasteiger partial charge on any atom is 0.207 e. The Balaban J connectivity index is 3.82. The molecule has 0 fully saturated rings. The summed E-state index contributed by atoms with van der Waals surface area (Å²) in [5.74, 6) is -0.879. The minimum absolute atomic E-state index is 0.226. The van der Waals surface area contributed by atoms with Crippen molar-refractivity contribution in [3.05, 3.63) is 0 Å². The maximum absolute atomic E-state index is 10.5. The molecule has 0 unspecified atom stereocenters. The number of hydrogen-bond donors (Lipinski definition) is 4. The summed E-state index contributed by atoms with van der Waals surface area (Å²) in [4.78, 5) is 20.3. The van der Waals surface area contributed by atoms with Crippen molar-refractivity contribution in [2.24, 2.45) is 0 Å². The van der Waals surface area contributed by atoms with E-state index in [1.54, 1.807) is 0 Å². The molecule has 0 aliphatic rings. The molecule has 0 aromatic heterocycles. The second kappa shape index (κ2) is 5.64. The predicted molar refractivity (Wildman–Crippen MR) is 38.2 cm³/mol. The molecule has 1 amide bonds. The second-order valence-electron chi connectivity index (χ2n) is 2.16. The fraction of sp³-hybridized carbons (Fsp3) is 0.667. The number of carbonyl (C=O) groups excluding carboxylic acids is 2. The molecule has 2 atom stereocenters.